The fourth-order valence-corrected chi connectivity index (χ4v) is 1.66. The van der Waals surface area contributed by atoms with E-state index in [4.69, 9.17) is 10.3 Å². The number of nitrogen functional groups attached to an aromatic ring is 1. The molecule has 1 aromatic carbocycles. The van der Waals surface area contributed by atoms with Gasteiger partial charge in [-0.3, -0.25) is 0 Å². The van der Waals surface area contributed by atoms with E-state index in [0.717, 1.165) is 22.3 Å². The van der Waals surface area contributed by atoms with Gasteiger partial charge in [0.05, 0.1) is 0 Å². The Balaban J connectivity index is 2.33. The molecule has 4 nitrogen and oxygen atoms in total. The van der Waals surface area contributed by atoms with Crippen LogP contribution in [0.15, 0.2) is 27.2 Å². The number of rotatable bonds is 3. The van der Waals surface area contributed by atoms with Crippen molar-refractivity contribution in [3.05, 3.63) is 28.5 Å². The number of benzene rings is 1. The van der Waals surface area contributed by atoms with Gasteiger partial charge in [0.2, 0.25) is 0 Å². The Morgan fingerprint density at radius 2 is 2.24 bits per heavy atom. The minimum atomic E-state index is 0.306. The summed E-state index contributed by atoms with van der Waals surface area (Å²) in [4.78, 5) is 4.37. The number of aromatic nitrogens is 2. The third kappa shape index (κ3) is 2.49. The maximum Gasteiger partial charge on any atom is 0.258 e. The van der Waals surface area contributed by atoms with Crippen LogP contribution < -0.4 is 5.73 Å². The second-order valence-electron chi connectivity index (χ2n) is 4.00. The topological polar surface area (TPSA) is 64.9 Å². The molecule has 0 amide bonds. The van der Waals surface area contributed by atoms with Crippen LogP contribution in [0.2, 0.25) is 0 Å². The van der Waals surface area contributed by atoms with Crippen LogP contribution in [-0.4, -0.2) is 10.1 Å². The first-order chi connectivity index (χ1) is 8.11. The molecule has 0 radical (unpaired) electrons. The molecule has 0 fully saturated rings. The predicted octanol–water partition coefficient (Wildman–Crippen LogP) is 3.59. The van der Waals surface area contributed by atoms with E-state index in [1.54, 1.807) is 0 Å². The molecule has 0 aliphatic heterocycles. The molecule has 0 saturated heterocycles. The molecule has 17 heavy (non-hydrogen) atoms. The van der Waals surface area contributed by atoms with Crippen LogP contribution in [0.1, 0.15) is 32.0 Å². The average Bonchev–Trinajstić information content (AvgIpc) is 2.81. The van der Waals surface area contributed by atoms with Crippen molar-refractivity contribution in [2.45, 2.75) is 26.2 Å². The SMILES string of the molecule is CCC(C)c1noc(-c2ccc(Br)c(N)c2)n1. The summed E-state index contributed by atoms with van der Waals surface area (Å²) in [6.45, 7) is 4.17. The van der Waals surface area contributed by atoms with E-state index in [0.29, 0.717) is 17.5 Å². The largest absolute Gasteiger partial charge is 0.398 e. The van der Waals surface area contributed by atoms with Gasteiger partial charge in [-0.15, -0.1) is 0 Å². The molecule has 90 valence electrons. The fraction of sp³-hybridized carbons (Fsp3) is 0.333. The van der Waals surface area contributed by atoms with Crippen molar-refractivity contribution in [2.24, 2.45) is 0 Å². The second kappa shape index (κ2) is 4.87. The molecule has 1 atom stereocenters. The number of anilines is 1. The maximum absolute atomic E-state index is 5.81. The van der Waals surface area contributed by atoms with E-state index >= 15 is 0 Å². The number of nitrogens with zero attached hydrogens (tertiary/aromatic N) is 2. The Bertz CT molecular complexity index is 524. The van der Waals surface area contributed by atoms with E-state index in [1.807, 2.05) is 18.2 Å². The van der Waals surface area contributed by atoms with Gasteiger partial charge in [-0.2, -0.15) is 4.98 Å². The number of hydrogen-bond donors (Lipinski definition) is 1. The third-order valence-corrected chi connectivity index (χ3v) is 3.46. The zero-order valence-electron chi connectivity index (χ0n) is 9.77. The molecule has 2 aromatic rings. The summed E-state index contributed by atoms with van der Waals surface area (Å²) in [7, 11) is 0. The van der Waals surface area contributed by atoms with Gasteiger partial charge >= 0.3 is 0 Å². The summed E-state index contributed by atoms with van der Waals surface area (Å²) in [6.07, 6.45) is 0.988. The molecule has 5 heteroatoms. The van der Waals surface area contributed by atoms with Gasteiger partial charge in [-0.05, 0) is 40.5 Å². The molecule has 0 aliphatic carbocycles. The van der Waals surface area contributed by atoms with Crippen molar-refractivity contribution >= 4 is 21.6 Å². The Labute approximate surface area is 108 Å². The monoisotopic (exact) mass is 295 g/mol. The van der Waals surface area contributed by atoms with Gasteiger partial charge in [-0.25, -0.2) is 0 Å². The van der Waals surface area contributed by atoms with Crippen LogP contribution in [0, 0.1) is 0 Å². The average molecular weight is 296 g/mol. The van der Waals surface area contributed by atoms with Gasteiger partial charge in [0, 0.05) is 21.6 Å². The first-order valence-electron chi connectivity index (χ1n) is 5.50. The lowest BCUT2D eigenvalue weighted by Crippen LogP contribution is -1.93. The zero-order chi connectivity index (χ0) is 12.4. The van der Waals surface area contributed by atoms with Crippen LogP contribution in [-0.2, 0) is 0 Å². The lowest BCUT2D eigenvalue weighted by molar-refractivity contribution is 0.416. The Kier molecular flexibility index (Phi) is 3.47. The van der Waals surface area contributed by atoms with E-state index in [2.05, 4.69) is 39.9 Å². The molecule has 0 aliphatic rings. The highest BCUT2D eigenvalue weighted by Crippen LogP contribution is 2.27. The highest BCUT2D eigenvalue weighted by molar-refractivity contribution is 9.10. The molecule has 2 N–H and O–H groups in total. The lowest BCUT2D eigenvalue weighted by Gasteiger charge is -2.00. The van der Waals surface area contributed by atoms with E-state index in [-0.39, 0.29) is 0 Å². The standard InChI is InChI=1S/C12H14BrN3O/c1-3-7(2)11-15-12(17-16-11)8-4-5-9(13)10(14)6-8/h4-7H,3,14H2,1-2H3. The van der Waals surface area contributed by atoms with Crippen LogP contribution in [0.5, 0.6) is 0 Å². The highest BCUT2D eigenvalue weighted by atomic mass is 79.9. The highest BCUT2D eigenvalue weighted by Gasteiger charge is 2.13. The molecule has 1 unspecified atom stereocenters. The molecule has 0 saturated carbocycles. The molecule has 0 bridgehead atoms. The summed E-state index contributed by atoms with van der Waals surface area (Å²) in [6, 6.07) is 5.59. The fourth-order valence-electron chi connectivity index (χ4n) is 1.41. The van der Waals surface area contributed by atoms with Gasteiger partial charge in [0.15, 0.2) is 5.82 Å². The summed E-state index contributed by atoms with van der Waals surface area (Å²) in [5.41, 5.74) is 7.31. The van der Waals surface area contributed by atoms with Crippen molar-refractivity contribution in [1.29, 1.82) is 0 Å². The first-order valence-corrected chi connectivity index (χ1v) is 6.30. The van der Waals surface area contributed by atoms with Crippen LogP contribution in [0.25, 0.3) is 11.5 Å². The Morgan fingerprint density at radius 1 is 1.47 bits per heavy atom. The van der Waals surface area contributed by atoms with Gasteiger partial charge in [-0.1, -0.05) is 19.0 Å². The minimum absolute atomic E-state index is 0.306. The van der Waals surface area contributed by atoms with Gasteiger partial charge < -0.3 is 10.3 Å². The molecule has 2 rings (SSSR count). The van der Waals surface area contributed by atoms with E-state index < -0.39 is 0 Å². The smallest absolute Gasteiger partial charge is 0.258 e. The number of nitrogens with two attached hydrogens (primary N) is 1. The van der Waals surface area contributed by atoms with Crippen molar-refractivity contribution < 1.29 is 4.52 Å². The minimum Gasteiger partial charge on any atom is -0.398 e. The molecular formula is C12H14BrN3O. The zero-order valence-corrected chi connectivity index (χ0v) is 11.4. The normalized spacial score (nSPS) is 12.6. The molecule has 0 spiro atoms. The summed E-state index contributed by atoms with van der Waals surface area (Å²) in [5.74, 6) is 1.56. The molecule has 1 heterocycles. The Hall–Kier alpha value is -1.36. The van der Waals surface area contributed by atoms with E-state index in [1.165, 1.54) is 0 Å². The first kappa shape index (κ1) is 12.1. The van der Waals surface area contributed by atoms with Crippen LogP contribution >= 0.6 is 15.9 Å². The maximum atomic E-state index is 5.81. The van der Waals surface area contributed by atoms with Crippen LogP contribution in [0.4, 0.5) is 5.69 Å². The molecule has 1 aromatic heterocycles. The number of halogens is 1. The predicted molar refractivity (Wildman–Crippen MR) is 70.6 cm³/mol. The number of hydrogen-bond acceptors (Lipinski definition) is 4. The third-order valence-electron chi connectivity index (χ3n) is 2.74. The van der Waals surface area contributed by atoms with Crippen molar-refractivity contribution in [3.63, 3.8) is 0 Å². The van der Waals surface area contributed by atoms with Crippen molar-refractivity contribution in [1.82, 2.24) is 10.1 Å². The quantitative estimate of drug-likeness (QED) is 0.879. The van der Waals surface area contributed by atoms with Gasteiger partial charge in [0.25, 0.3) is 5.89 Å². The summed E-state index contributed by atoms with van der Waals surface area (Å²) >= 11 is 3.35. The summed E-state index contributed by atoms with van der Waals surface area (Å²) in [5, 5.41) is 3.98. The summed E-state index contributed by atoms with van der Waals surface area (Å²) < 4.78 is 6.10. The lowest BCUT2D eigenvalue weighted by atomic mass is 10.1. The Morgan fingerprint density at radius 3 is 2.88 bits per heavy atom. The van der Waals surface area contributed by atoms with E-state index in [9.17, 15) is 0 Å². The second-order valence-corrected chi connectivity index (χ2v) is 4.86. The molecular weight excluding hydrogens is 282 g/mol. The van der Waals surface area contributed by atoms with Crippen molar-refractivity contribution in [2.75, 3.05) is 5.73 Å². The van der Waals surface area contributed by atoms with Crippen molar-refractivity contribution in [3.8, 4) is 11.5 Å². The van der Waals surface area contributed by atoms with Gasteiger partial charge in [0.1, 0.15) is 0 Å². The van der Waals surface area contributed by atoms with Crippen LogP contribution in [0.3, 0.4) is 0 Å².